The number of rotatable bonds is 4. The van der Waals surface area contributed by atoms with Gasteiger partial charge in [0, 0.05) is 25.3 Å². The second kappa shape index (κ2) is 6.91. The van der Waals surface area contributed by atoms with E-state index in [-0.39, 0.29) is 17.8 Å². The molecule has 0 saturated carbocycles. The zero-order chi connectivity index (χ0) is 16.2. The van der Waals surface area contributed by atoms with Crippen LogP contribution in [-0.4, -0.2) is 46.8 Å². The number of carbonyl (C=O) groups is 1. The van der Waals surface area contributed by atoms with Gasteiger partial charge in [-0.15, -0.1) is 0 Å². The first-order valence-corrected chi connectivity index (χ1v) is 7.89. The number of benzene rings is 1. The third-order valence-corrected chi connectivity index (χ3v) is 4.07. The Bertz CT molecular complexity index is 667. The molecule has 0 spiro atoms. The number of H-pyrrole nitrogens is 1. The summed E-state index contributed by atoms with van der Waals surface area (Å²) in [5, 5.41) is 6.84. The molecule has 5 nitrogen and oxygen atoms in total. The van der Waals surface area contributed by atoms with Gasteiger partial charge in [-0.25, -0.2) is 4.39 Å². The Balaban J connectivity index is 1.80. The fourth-order valence-corrected chi connectivity index (χ4v) is 2.95. The van der Waals surface area contributed by atoms with Crippen molar-refractivity contribution in [3.63, 3.8) is 0 Å². The SMILES string of the molecule is CCO[C@@H]1CCCN(C(=O)c2cn[nH]c2-c2ccc(F)cc2)C1. The summed E-state index contributed by atoms with van der Waals surface area (Å²) in [5.41, 5.74) is 1.87. The second-order valence-electron chi connectivity index (χ2n) is 5.64. The monoisotopic (exact) mass is 317 g/mol. The van der Waals surface area contributed by atoms with Gasteiger partial charge in [0.05, 0.1) is 23.6 Å². The van der Waals surface area contributed by atoms with Crippen LogP contribution >= 0.6 is 0 Å². The molecule has 1 aliphatic heterocycles. The van der Waals surface area contributed by atoms with Crippen LogP contribution in [0.4, 0.5) is 4.39 Å². The van der Waals surface area contributed by atoms with E-state index in [1.54, 1.807) is 12.1 Å². The number of piperidine rings is 1. The highest BCUT2D eigenvalue weighted by Crippen LogP contribution is 2.24. The van der Waals surface area contributed by atoms with E-state index in [4.69, 9.17) is 4.74 Å². The highest BCUT2D eigenvalue weighted by Gasteiger charge is 2.27. The smallest absolute Gasteiger partial charge is 0.257 e. The summed E-state index contributed by atoms with van der Waals surface area (Å²) in [7, 11) is 0. The van der Waals surface area contributed by atoms with Crippen LogP contribution in [0, 0.1) is 5.82 Å². The third-order valence-electron chi connectivity index (χ3n) is 4.07. The second-order valence-corrected chi connectivity index (χ2v) is 5.64. The molecule has 0 aliphatic carbocycles. The maximum absolute atomic E-state index is 13.1. The van der Waals surface area contributed by atoms with Crippen molar-refractivity contribution in [3.8, 4) is 11.3 Å². The predicted molar refractivity (Wildman–Crippen MR) is 84.5 cm³/mol. The first-order chi connectivity index (χ1) is 11.2. The summed E-state index contributed by atoms with van der Waals surface area (Å²) < 4.78 is 18.7. The Morgan fingerprint density at radius 2 is 2.22 bits per heavy atom. The Morgan fingerprint density at radius 3 is 2.96 bits per heavy atom. The summed E-state index contributed by atoms with van der Waals surface area (Å²) in [6.07, 6.45) is 3.54. The predicted octanol–water partition coefficient (Wildman–Crippen LogP) is 2.86. The lowest BCUT2D eigenvalue weighted by Crippen LogP contribution is -2.43. The molecule has 1 fully saturated rings. The molecule has 2 aromatic rings. The number of ether oxygens (including phenoxy) is 1. The van der Waals surface area contributed by atoms with E-state index < -0.39 is 0 Å². The molecule has 1 aromatic carbocycles. The fourth-order valence-electron chi connectivity index (χ4n) is 2.95. The zero-order valence-corrected chi connectivity index (χ0v) is 13.1. The molecule has 3 rings (SSSR count). The number of hydrogen-bond acceptors (Lipinski definition) is 3. The lowest BCUT2D eigenvalue weighted by atomic mass is 10.0. The average Bonchev–Trinajstić information content (AvgIpc) is 3.05. The summed E-state index contributed by atoms with van der Waals surface area (Å²) in [6, 6.07) is 6.02. The number of carbonyl (C=O) groups excluding carboxylic acids is 1. The normalized spacial score (nSPS) is 18.2. The molecule has 1 aromatic heterocycles. The molecule has 0 bridgehead atoms. The maximum atomic E-state index is 13.1. The summed E-state index contributed by atoms with van der Waals surface area (Å²) in [4.78, 5) is 14.6. The van der Waals surface area contributed by atoms with Gasteiger partial charge in [0.15, 0.2) is 0 Å². The summed E-state index contributed by atoms with van der Waals surface area (Å²) in [6.45, 7) is 3.93. The molecule has 1 atom stereocenters. The van der Waals surface area contributed by atoms with Crippen LogP contribution in [0.25, 0.3) is 11.3 Å². The van der Waals surface area contributed by atoms with Crippen LogP contribution in [0.2, 0.25) is 0 Å². The topological polar surface area (TPSA) is 58.2 Å². The van der Waals surface area contributed by atoms with Gasteiger partial charge in [-0.2, -0.15) is 5.10 Å². The minimum absolute atomic E-state index is 0.0671. The van der Waals surface area contributed by atoms with Gasteiger partial charge in [-0.05, 0) is 44.0 Å². The van der Waals surface area contributed by atoms with E-state index in [1.807, 2.05) is 11.8 Å². The van der Waals surface area contributed by atoms with Gasteiger partial charge >= 0.3 is 0 Å². The van der Waals surface area contributed by atoms with E-state index in [0.29, 0.717) is 24.4 Å². The number of nitrogens with zero attached hydrogens (tertiary/aromatic N) is 2. The van der Waals surface area contributed by atoms with E-state index in [2.05, 4.69) is 10.2 Å². The first kappa shape index (κ1) is 15.7. The lowest BCUT2D eigenvalue weighted by Gasteiger charge is -2.32. The van der Waals surface area contributed by atoms with Crippen molar-refractivity contribution in [3.05, 3.63) is 41.8 Å². The lowest BCUT2D eigenvalue weighted by molar-refractivity contribution is 0.00727. The molecule has 23 heavy (non-hydrogen) atoms. The molecule has 1 amide bonds. The highest BCUT2D eigenvalue weighted by molar-refractivity contribution is 5.99. The van der Waals surface area contributed by atoms with Gasteiger partial charge in [-0.3, -0.25) is 9.89 Å². The highest BCUT2D eigenvalue weighted by atomic mass is 19.1. The number of likely N-dealkylation sites (tertiary alicyclic amines) is 1. The standard InChI is InChI=1S/C17H20FN3O2/c1-2-23-14-4-3-9-21(11-14)17(22)15-10-19-20-16(15)12-5-7-13(18)8-6-12/h5-8,10,14H,2-4,9,11H2,1H3,(H,19,20)/t14-/m1/s1. The van der Waals surface area contributed by atoms with Gasteiger partial charge < -0.3 is 9.64 Å². The first-order valence-electron chi connectivity index (χ1n) is 7.89. The van der Waals surface area contributed by atoms with Crippen LogP contribution in [0.3, 0.4) is 0 Å². The fraction of sp³-hybridized carbons (Fsp3) is 0.412. The van der Waals surface area contributed by atoms with Crippen molar-refractivity contribution in [1.29, 1.82) is 0 Å². The minimum atomic E-state index is -0.309. The maximum Gasteiger partial charge on any atom is 0.257 e. The van der Waals surface area contributed by atoms with Crippen molar-refractivity contribution in [2.45, 2.75) is 25.9 Å². The molecule has 2 heterocycles. The number of hydrogen-bond donors (Lipinski definition) is 1. The summed E-state index contributed by atoms with van der Waals surface area (Å²) >= 11 is 0. The van der Waals surface area contributed by atoms with Gasteiger partial charge in [0.2, 0.25) is 0 Å². The van der Waals surface area contributed by atoms with Crippen LogP contribution in [-0.2, 0) is 4.74 Å². The minimum Gasteiger partial charge on any atom is -0.377 e. The number of amides is 1. The number of nitrogens with one attached hydrogen (secondary N) is 1. The molecule has 122 valence electrons. The van der Waals surface area contributed by atoms with Gasteiger partial charge in [-0.1, -0.05) is 0 Å². The molecule has 0 unspecified atom stereocenters. The van der Waals surface area contributed by atoms with Crippen molar-refractivity contribution < 1.29 is 13.9 Å². The van der Waals surface area contributed by atoms with Crippen molar-refractivity contribution in [2.75, 3.05) is 19.7 Å². The number of halogens is 1. The number of aromatic nitrogens is 2. The van der Waals surface area contributed by atoms with Gasteiger partial charge in [0.25, 0.3) is 5.91 Å². The third kappa shape index (κ3) is 3.42. The number of aromatic amines is 1. The van der Waals surface area contributed by atoms with E-state index in [9.17, 15) is 9.18 Å². The molecular weight excluding hydrogens is 297 g/mol. The molecule has 0 radical (unpaired) electrons. The van der Waals surface area contributed by atoms with Crippen molar-refractivity contribution in [1.82, 2.24) is 15.1 Å². The van der Waals surface area contributed by atoms with Crippen LogP contribution in [0.1, 0.15) is 30.1 Å². The van der Waals surface area contributed by atoms with E-state index in [1.165, 1.54) is 18.3 Å². The van der Waals surface area contributed by atoms with E-state index in [0.717, 1.165) is 24.9 Å². The van der Waals surface area contributed by atoms with Gasteiger partial charge in [0.1, 0.15) is 5.82 Å². The molecular formula is C17H20FN3O2. The van der Waals surface area contributed by atoms with Crippen LogP contribution in [0.5, 0.6) is 0 Å². The van der Waals surface area contributed by atoms with Crippen molar-refractivity contribution in [2.24, 2.45) is 0 Å². The Hall–Kier alpha value is -2.21. The zero-order valence-electron chi connectivity index (χ0n) is 13.1. The van der Waals surface area contributed by atoms with E-state index >= 15 is 0 Å². The van der Waals surface area contributed by atoms with Crippen LogP contribution in [0.15, 0.2) is 30.5 Å². The summed E-state index contributed by atoms with van der Waals surface area (Å²) in [5.74, 6) is -0.376. The largest absolute Gasteiger partial charge is 0.377 e. The molecule has 1 aliphatic rings. The van der Waals surface area contributed by atoms with Crippen LogP contribution < -0.4 is 0 Å². The Morgan fingerprint density at radius 1 is 1.43 bits per heavy atom. The average molecular weight is 317 g/mol. The Kier molecular flexibility index (Phi) is 4.71. The quantitative estimate of drug-likeness (QED) is 0.943. The molecule has 1 saturated heterocycles. The van der Waals surface area contributed by atoms with Crippen molar-refractivity contribution >= 4 is 5.91 Å². The Labute approximate surface area is 134 Å². The molecule has 6 heteroatoms. The molecule has 1 N–H and O–H groups in total.